The molecule has 1 saturated heterocycles. The molecule has 0 radical (unpaired) electrons. The fourth-order valence-corrected chi connectivity index (χ4v) is 1.62. The molecule has 1 heterocycles. The van der Waals surface area contributed by atoms with Gasteiger partial charge in [-0.25, -0.2) is 0 Å². The molecular formula is C10H20N2O2. The largest absolute Gasteiger partial charge is 0.394 e. The predicted octanol–water partition coefficient (Wildman–Crippen LogP) is -0.127. The summed E-state index contributed by atoms with van der Waals surface area (Å²) >= 11 is 0. The Morgan fingerprint density at radius 2 is 2.36 bits per heavy atom. The van der Waals surface area contributed by atoms with Crippen LogP contribution in [0.2, 0.25) is 0 Å². The van der Waals surface area contributed by atoms with E-state index in [0.717, 1.165) is 19.5 Å². The van der Waals surface area contributed by atoms with Crippen LogP contribution in [0.4, 0.5) is 0 Å². The van der Waals surface area contributed by atoms with E-state index in [9.17, 15) is 4.79 Å². The highest BCUT2D eigenvalue weighted by Gasteiger charge is 2.22. The van der Waals surface area contributed by atoms with Gasteiger partial charge in [-0.2, -0.15) is 0 Å². The van der Waals surface area contributed by atoms with E-state index in [2.05, 4.69) is 10.6 Å². The van der Waals surface area contributed by atoms with Crippen molar-refractivity contribution < 1.29 is 9.90 Å². The van der Waals surface area contributed by atoms with Crippen molar-refractivity contribution in [3.63, 3.8) is 0 Å². The second-order valence-electron chi connectivity index (χ2n) is 4.65. The zero-order valence-electron chi connectivity index (χ0n) is 8.97. The molecule has 0 aliphatic carbocycles. The minimum Gasteiger partial charge on any atom is -0.394 e. The topological polar surface area (TPSA) is 61.4 Å². The first kappa shape index (κ1) is 11.5. The molecule has 82 valence electrons. The number of amides is 1. The van der Waals surface area contributed by atoms with Gasteiger partial charge in [0.25, 0.3) is 0 Å². The number of hydrogen-bond donors (Lipinski definition) is 3. The number of aliphatic hydroxyl groups is 1. The number of carbonyl (C=O) groups excluding carboxylic acids is 1. The van der Waals surface area contributed by atoms with Crippen molar-refractivity contribution in [1.29, 1.82) is 0 Å². The molecule has 1 fully saturated rings. The van der Waals surface area contributed by atoms with Crippen LogP contribution in [0.1, 0.15) is 26.7 Å². The number of carbonyl (C=O) groups is 1. The highest BCUT2D eigenvalue weighted by molar-refractivity contribution is 5.77. The van der Waals surface area contributed by atoms with Crippen LogP contribution < -0.4 is 10.6 Å². The van der Waals surface area contributed by atoms with Crippen molar-refractivity contribution in [3.05, 3.63) is 0 Å². The maximum Gasteiger partial charge on any atom is 0.220 e. The van der Waals surface area contributed by atoms with Gasteiger partial charge in [0.1, 0.15) is 0 Å². The van der Waals surface area contributed by atoms with Gasteiger partial charge < -0.3 is 15.7 Å². The van der Waals surface area contributed by atoms with Gasteiger partial charge >= 0.3 is 0 Å². The van der Waals surface area contributed by atoms with E-state index in [0.29, 0.717) is 12.3 Å². The minimum atomic E-state index is -0.497. The van der Waals surface area contributed by atoms with E-state index in [4.69, 9.17) is 5.11 Å². The lowest BCUT2D eigenvalue weighted by Gasteiger charge is -2.24. The predicted molar refractivity (Wildman–Crippen MR) is 54.9 cm³/mol. The molecule has 1 aliphatic rings. The van der Waals surface area contributed by atoms with Gasteiger partial charge in [-0.15, -0.1) is 0 Å². The number of hydrogen-bond acceptors (Lipinski definition) is 3. The van der Waals surface area contributed by atoms with Crippen LogP contribution in [0.5, 0.6) is 0 Å². The molecule has 0 saturated carbocycles. The first-order chi connectivity index (χ1) is 6.53. The van der Waals surface area contributed by atoms with Gasteiger partial charge in [-0.05, 0) is 39.3 Å². The number of nitrogens with one attached hydrogen (secondary N) is 2. The Kier molecular flexibility index (Phi) is 3.89. The quantitative estimate of drug-likeness (QED) is 0.592. The van der Waals surface area contributed by atoms with Crippen LogP contribution in [0.3, 0.4) is 0 Å². The Hall–Kier alpha value is -0.610. The van der Waals surface area contributed by atoms with Crippen LogP contribution in [-0.4, -0.2) is 36.2 Å². The van der Waals surface area contributed by atoms with Gasteiger partial charge in [0, 0.05) is 6.42 Å². The van der Waals surface area contributed by atoms with Crippen LogP contribution in [-0.2, 0) is 4.79 Å². The third-order valence-electron chi connectivity index (χ3n) is 2.51. The second kappa shape index (κ2) is 4.75. The van der Waals surface area contributed by atoms with Crippen molar-refractivity contribution in [2.75, 3.05) is 19.7 Å². The Labute approximate surface area is 85.1 Å². The Bertz CT molecular complexity index is 198. The first-order valence-corrected chi connectivity index (χ1v) is 5.16. The molecule has 0 aromatic rings. The van der Waals surface area contributed by atoms with E-state index in [1.807, 2.05) is 13.8 Å². The molecular weight excluding hydrogens is 180 g/mol. The third-order valence-corrected chi connectivity index (χ3v) is 2.51. The monoisotopic (exact) mass is 200 g/mol. The van der Waals surface area contributed by atoms with Gasteiger partial charge in [-0.1, -0.05) is 0 Å². The van der Waals surface area contributed by atoms with Crippen molar-refractivity contribution in [1.82, 2.24) is 10.6 Å². The molecule has 0 spiro atoms. The molecule has 0 aromatic heterocycles. The summed E-state index contributed by atoms with van der Waals surface area (Å²) in [6.45, 7) is 5.56. The summed E-state index contributed by atoms with van der Waals surface area (Å²) in [6.07, 6.45) is 1.64. The summed E-state index contributed by atoms with van der Waals surface area (Å²) in [5.74, 6) is 0.502. The molecule has 0 bridgehead atoms. The SMILES string of the molecule is CC(C)(CO)NC(=O)CC1CCNC1. The summed E-state index contributed by atoms with van der Waals surface area (Å²) in [5.41, 5.74) is -0.497. The average molecular weight is 200 g/mol. The molecule has 1 rings (SSSR count). The minimum absolute atomic E-state index is 0.0261. The molecule has 0 aromatic carbocycles. The summed E-state index contributed by atoms with van der Waals surface area (Å²) in [7, 11) is 0. The fraction of sp³-hybridized carbons (Fsp3) is 0.900. The lowest BCUT2D eigenvalue weighted by molar-refractivity contribution is -0.124. The Morgan fingerprint density at radius 1 is 1.64 bits per heavy atom. The van der Waals surface area contributed by atoms with Gasteiger partial charge in [0.15, 0.2) is 0 Å². The zero-order valence-corrected chi connectivity index (χ0v) is 8.97. The molecule has 1 amide bonds. The second-order valence-corrected chi connectivity index (χ2v) is 4.65. The summed E-state index contributed by atoms with van der Waals surface area (Å²) in [4.78, 5) is 11.5. The van der Waals surface area contributed by atoms with Crippen LogP contribution >= 0.6 is 0 Å². The van der Waals surface area contributed by atoms with E-state index >= 15 is 0 Å². The summed E-state index contributed by atoms with van der Waals surface area (Å²) in [5, 5.41) is 15.0. The van der Waals surface area contributed by atoms with E-state index in [1.54, 1.807) is 0 Å². The highest BCUT2D eigenvalue weighted by atomic mass is 16.3. The standard InChI is InChI=1S/C10H20N2O2/c1-10(2,7-13)12-9(14)5-8-3-4-11-6-8/h8,11,13H,3-7H2,1-2H3,(H,12,14). The van der Waals surface area contributed by atoms with Crippen molar-refractivity contribution >= 4 is 5.91 Å². The molecule has 14 heavy (non-hydrogen) atoms. The first-order valence-electron chi connectivity index (χ1n) is 5.16. The van der Waals surface area contributed by atoms with Crippen LogP contribution in [0, 0.1) is 5.92 Å². The van der Waals surface area contributed by atoms with E-state index in [-0.39, 0.29) is 12.5 Å². The van der Waals surface area contributed by atoms with Gasteiger partial charge in [0.05, 0.1) is 12.1 Å². The highest BCUT2D eigenvalue weighted by Crippen LogP contribution is 2.12. The smallest absolute Gasteiger partial charge is 0.220 e. The summed E-state index contributed by atoms with van der Waals surface area (Å²) < 4.78 is 0. The third kappa shape index (κ3) is 3.64. The van der Waals surface area contributed by atoms with E-state index < -0.39 is 5.54 Å². The molecule has 1 aliphatic heterocycles. The lowest BCUT2D eigenvalue weighted by Crippen LogP contribution is -2.46. The van der Waals surface area contributed by atoms with Gasteiger partial charge in [0.2, 0.25) is 5.91 Å². The zero-order chi connectivity index (χ0) is 10.6. The van der Waals surface area contributed by atoms with Crippen LogP contribution in [0.15, 0.2) is 0 Å². The molecule has 1 atom stereocenters. The van der Waals surface area contributed by atoms with E-state index in [1.165, 1.54) is 0 Å². The molecule has 3 N–H and O–H groups in total. The maximum atomic E-state index is 11.5. The van der Waals surface area contributed by atoms with Crippen molar-refractivity contribution in [3.8, 4) is 0 Å². The Balaban J connectivity index is 2.27. The maximum absolute atomic E-state index is 11.5. The summed E-state index contributed by atoms with van der Waals surface area (Å²) in [6, 6.07) is 0. The lowest BCUT2D eigenvalue weighted by atomic mass is 10.0. The molecule has 4 heteroatoms. The normalized spacial score (nSPS) is 22.4. The van der Waals surface area contributed by atoms with Gasteiger partial charge in [-0.3, -0.25) is 4.79 Å². The molecule has 1 unspecified atom stereocenters. The van der Waals surface area contributed by atoms with Crippen molar-refractivity contribution in [2.45, 2.75) is 32.2 Å². The van der Waals surface area contributed by atoms with Crippen LogP contribution in [0.25, 0.3) is 0 Å². The Morgan fingerprint density at radius 3 is 2.86 bits per heavy atom. The van der Waals surface area contributed by atoms with Crippen molar-refractivity contribution in [2.24, 2.45) is 5.92 Å². The number of rotatable bonds is 4. The fourth-order valence-electron chi connectivity index (χ4n) is 1.62. The molecule has 4 nitrogen and oxygen atoms in total. The average Bonchev–Trinajstić information content (AvgIpc) is 2.55. The number of aliphatic hydroxyl groups excluding tert-OH is 1.